The van der Waals surface area contributed by atoms with Gasteiger partial charge in [0, 0.05) is 6.54 Å². The third-order valence-electron chi connectivity index (χ3n) is 4.39. The summed E-state index contributed by atoms with van der Waals surface area (Å²) in [7, 11) is -3.49. The van der Waals surface area contributed by atoms with Gasteiger partial charge in [0.05, 0.1) is 29.2 Å². The van der Waals surface area contributed by atoms with E-state index in [-0.39, 0.29) is 0 Å². The zero-order valence-electron chi connectivity index (χ0n) is 15.0. The molecule has 0 unspecified atom stereocenters. The molecular formula is C17H18F3NO6S. The van der Waals surface area contributed by atoms with Crippen molar-refractivity contribution in [1.82, 2.24) is 4.90 Å². The predicted octanol–water partition coefficient (Wildman–Crippen LogP) is 1.60. The number of esters is 1. The number of hydrogen-bond acceptors (Lipinski definition) is 6. The molecule has 0 N–H and O–H groups in total. The number of ketones is 1. The maximum atomic E-state index is 13.2. The molecule has 11 heteroatoms. The highest BCUT2D eigenvalue weighted by atomic mass is 32.2. The average molecular weight is 421 g/mol. The molecule has 0 spiro atoms. The number of halogens is 3. The Morgan fingerprint density at radius 2 is 1.82 bits per heavy atom. The Bertz CT molecular complexity index is 896. The Kier molecular flexibility index (Phi) is 6.17. The van der Waals surface area contributed by atoms with Crippen LogP contribution in [-0.4, -0.2) is 55.9 Å². The SMILES string of the molecule is COC(=O)[C@@H]1C[C@@H](S(=O)(=O)c2ccccc2C(F)(F)F)CN1C(=O)CC(C)=O. The quantitative estimate of drug-likeness (QED) is 0.529. The minimum Gasteiger partial charge on any atom is -0.467 e. The number of methoxy groups -OCH3 is 1. The lowest BCUT2D eigenvalue weighted by molar-refractivity contribution is -0.151. The van der Waals surface area contributed by atoms with Crippen LogP contribution >= 0.6 is 0 Å². The van der Waals surface area contributed by atoms with Gasteiger partial charge < -0.3 is 9.64 Å². The molecule has 1 aliphatic rings. The van der Waals surface area contributed by atoms with E-state index in [0.717, 1.165) is 37.1 Å². The van der Waals surface area contributed by atoms with Crippen molar-refractivity contribution in [1.29, 1.82) is 0 Å². The van der Waals surface area contributed by atoms with Crippen LogP contribution in [0.25, 0.3) is 0 Å². The first-order chi connectivity index (χ1) is 12.9. The van der Waals surface area contributed by atoms with E-state index < -0.39 is 74.8 Å². The van der Waals surface area contributed by atoms with Gasteiger partial charge in [-0.25, -0.2) is 13.2 Å². The van der Waals surface area contributed by atoms with Crippen molar-refractivity contribution in [3.63, 3.8) is 0 Å². The van der Waals surface area contributed by atoms with Crippen LogP contribution < -0.4 is 0 Å². The second kappa shape index (κ2) is 7.90. The molecule has 1 aromatic carbocycles. The van der Waals surface area contributed by atoms with Gasteiger partial charge in [0.15, 0.2) is 9.84 Å². The number of sulfone groups is 1. The largest absolute Gasteiger partial charge is 0.467 e. The lowest BCUT2D eigenvalue weighted by Crippen LogP contribution is -2.41. The number of rotatable bonds is 5. The summed E-state index contributed by atoms with van der Waals surface area (Å²) in [5.74, 6) is -2.19. The van der Waals surface area contributed by atoms with Crippen molar-refractivity contribution in [2.45, 2.75) is 42.1 Å². The highest BCUT2D eigenvalue weighted by Gasteiger charge is 2.48. The van der Waals surface area contributed by atoms with E-state index in [1.54, 1.807) is 0 Å². The molecule has 2 rings (SSSR count). The van der Waals surface area contributed by atoms with Crippen molar-refractivity contribution in [3.8, 4) is 0 Å². The molecule has 0 aliphatic carbocycles. The van der Waals surface area contributed by atoms with E-state index >= 15 is 0 Å². The summed E-state index contributed by atoms with van der Waals surface area (Å²) in [4.78, 5) is 35.4. The molecule has 0 aromatic heterocycles. The van der Waals surface area contributed by atoms with Crippen molar-refractivity contribution in [2.24, 2.45) is 0 Å². The third kappa shape index (κ3) is 4.34. The monoisotopic (exact) mass is 421 g/mol. The minimum absolute atomic E-state index is 0.426. The minimum atomic E-state index is -4.89. The van der Waals surface area contributed by atoms with E-state index in [2.05, 4.69) is 4.74 Å². The van der Waals surface area contributed by atoms with E-state index in [4.69, 9.17) is 0 Å². The molecule has 1 amide bonds. The van der Waals surface area contributed by atoms with E-state index in [1.165, 1.54) is 0 Å². The summed E-state index contributed by atoms with van der Waals surface area (Å²) >= 11 is 0. The Morgan fingerprint density at radius 1 is 1.21 bits per heavy atom. The molecule has 1 heterocycles. The first-order valence-corrected chi connectivity index (χ1v) is 9.71. The van der Waals surface area contributed by atoms with Gasteiger partial charge in [0.2, 0.25) is 5.91 Å². The lowest BCUT2D eigenvalue weighted by atomic mass is 10.2. The molecule has 7 nitrogen and oxygen atoms in total. The summed E-state index contributed by atoms with van der Waals surface area (Å²) in [5.41, 5.74) is -1.32. The first-order valence-electron chi connectivity index (χ1n) is 8.16. The highest BCUT2D eigenvalue weighted by molar-refractivity contribution is 7.92. The summed E-state index contributed by atoms with van der Waals surface area (Å²) in [6, 6.07) is 2.42. The van der Waals surface area contributed by atoms with Crippen LogP contribution in [0.4, 0.5) is 13.2 Å². The number of carbonyl (C=O) groups excluding carboxylic acids is 3. The number of benzene rings is 1. The number of hydrogen-bond donors (Lipinski definition) is 0. The van der Waals surface area contributed by atoms with Gasteiger partial charge in [-0.05, 0) is 25.5 Å². The smallest absolute Gasteiger partial charge is 0.417 e. The summed E-state index contributed by atoms with van der Waals surface area (Å²) in [6.45, 7) is 0.634. The highest BCUT2D eigenvalue weighted by Crippen LogP contribution is 2.37. The summed E-state index contributed by atoms with van der Waals surface area (Å²) < 4.78 is 70.1. The van der Waals surface area contributed by atoms with E-state index in [1.807, 2.05) is 0 Å². The molecule has 0 bridgehead atoms. The van der Waals surface area contributed by atoms with Crippen LogP contribution in [0.2, 0.25) is 0 Å². The predicted molar refractivity (Wildman–Crippen MR) is 89.8 cm³/mol. The molecule has 2 atom stereocenters. The normalized spacial score (nSPS) is 20.1. The molecular weight excluding hydrogens is 403 g/mol. The number of carbonyl (C=O) groups is 3. The van der Waals surface area contributed by atoms with Gasteiger partial charge in [-0.15, -0.1) is 0 Å². The van der Waals surface area contributed by atoms with E-state index in [9.17, 15) is 36.0 Å². The van der Waals surface area contributed by atoms with Gasteiger partial charge >= 0.3 is 12.1 Å². The van der Waals surface area contributed by atoms with Crippen molar-refractivity contribution >= 4 is 27.5 Å². The molecule has 1 fully saturated rings. The van der Waals surface area contributed by atoms with Crippen LogP contribution in [-0.2, 0) is 35.1 Å². The first kappa shape index (κ1) is 21.9. The van der Waals surface area contributed by atoms with Gasteiger partial charge in [0.1, 0.15) is 11.8 Å². The Labute approximate surface area is 159 Å². The van der Waals surface area contributed by atoms with E-state index in [0.29, 0.717) is 6.07 Å². The fourth-order valence-corrected chi connectivity index (χ4v) is 5.01. The number of nitrogens with zero attached hydrogens (tertiary/aromatic N) is 1. The molecule has 1 aromatic rings. The Morgan fingerprint density at radius 3 is 2.36 bits per heavy atom. The van der Waals surface area contributed by atoms with Gasteiger partial charge in [0.25, 0.3) is 0 Å². The van der Waals surface area contributed by atoms with Crippen LogP contribution in [0.3, 0.4) is 0 Å². The third-order valence-corrected chi connectivity index (χ3v) is 6.58. The number of amides is 1. The van der Waals surface area contributed by atoms with Crippen LogP contribution in [0.5, 0.6) is 0 Å². The number of alkyl halides is 3. The molecule has 154 valence electrons. The van der Waals surface area contributed by atoms with Crippen LogP contribution in [0, 0.1) is 0 Å². The molecule has 1 saturated heterocycles. The van der Waals surface area contributed by atoms with Crippen LogP contribution in [0.15, 0.2) is 29.2 Å². The maximum Gasteiger partial charge on any atom is 0.417 e. The Balaban J connectivity index is 2.44. The molecule has 0 radical (unpaired) electrons. The summed E-state index contributed by atoms with van der Waals surface area (Å²) in [5, 5.41) is -1.45. The number of ether oxygens (including phenoxy) is 1. The number of likely N-dealkylation sites (tertiary alicyclic amines) is 1. The molecule has 1 aliphatic heterocycles. The fourth-order valence-electron chi connectivity index (χ4n) is 3.10. The van der Waals surface area contributed by atoms with Gasteiger partial charge in [-0.3, -0.25) is 9.59 Å². The van der Waals surface area contributed by atoms with Gasteiger partial charge in [-0.1, -0.05) is 12.1 Å². The lowest BCUT2D eigenvalue weighted by Gasteiger charge is -2.22. The standard InChI is InChI=1S/C17H18F3NO6S/c1-10(22)7-15(23)21-9-11(8-13(21)16(24)27-2)28(25,26)14-6-4-3-5-12(14)17(18,19)20/h3-6,11,13H,7-9H2,1-2H3/t11-,13+/m1/s1. The van der Waals surface area contributed by atoms with Crippen molar-refractivity contribution < 1.29 is 40.7 Å². The van der Waals surface area contributed by atoms with Crippen molar-refractivity contribution in [2.75, 3.05) is 13.7 Å². The zero-order chi connectivity index (χ0) is 21.3. The molecule has 0 saturated carbocycles. The fraction of sp³-hybridized carbons (Fsp3) is 0.471. The van der Waals surface area contributed by atoms with Gasteiger partial charge in [-0.2, -0.15) is 13.2 Å². The Hall–Kier alpha value is -2.43. The average Bonchev–Trinajstić information content (AvgIpc) is 3.06. The molecule has 28 heavy (non-hydrogen) atoms. The number of Topliss-reactive ketones (excluding diaryl/α,β-unsaturated/α-hetero) is 1. The van der Waals surface area contributed by atoms with Crippen molar-refractivity contribution in [3.05, 3.63) is 29.8 Å². The van der Waals surface area contributed by atoms with Crippen LogP contribution in [0.1, 0.15) is 25.3 Å². The summed E-state index contributed by atoms with van der Waals surface area (Å²) in [6.07, 6.45) is -5.88. The second-order valence-corrected chi connectivity index (χ2v) is 8.56. The topological polar surface area (TPSA) is 97.8 Å². The zero-order valence-corrected chi connectivity index (χ0v) is 15.8. The maximum absolute atomic E-state index is 13.2. The second-order valence-electron chi connectivity index (χ2n) is 6.36.